The molecular formula is C11H17N3O4. The summed E-state index contributed by atoms with van der Waals surface area (Å²) in [6, 6.07) is 0.718. The van der Waals surface area contributed by atoms with Crippen molar-refractivity contribution in [2.24, 2.45) is 0 Å². The number of likely N-dealkylation sites (N-methyl/N-ethyl adjacent to an activating group) is 1. The molecule has 0 spiro atoms. The monoisotopic (exact) mass is 255 g/mol. The van der Waals surface area contributed by atoms with E-state index in [9.17, 15) is 9.59 Å². The first-order valence-corrected chi connectivity index (χ1v) is 5.44. The van der Waals surface area contributed by atoms with Gasteiger partial charge in [-0.05, 0) is 19.9 Å². The molecule has 0 saturated carbocycles. The highest BCUT2D eigenvalue weighted by Crippen LogP contribution is 2.17. The highest BCUT2D eigenvalue weighted by atomic mass is 16.4. The minimum Gasteiger partial charge on any atom is -0.477 e. The highest BCUT2D eigenvalue weighted by Gasteiger charge is 2.19. The molecule has 7 nitrogen and oxygen atoms in total. The number of aromatic amines is 1. The van der Waals surface area contributed by atoms with E-state index in [1.165, 1.54) is 11.9 Å². The summed E-state index contributed by atoms with van der Waals surface area (Å²) in [4.78, 5) is 26.7. The number of aryl methyl sites for hydroxylation is 1. The lowest BCUT2D eigenvalue weighted by Gasteiger charge is -2.23. The van der Waals surface area contributed by atoms with Gasteiger partial charge >= 0.3 is 12.0 Å². The van der Waals surface area contributed by atoms with Gasteiger partial charge in [-0.25, -0.2) is 9.59 Å². The van der Waals surface area contributed by atoms with Crippen LogP contribution in [0, 0.1) is 6.92 Å². The Hall–Kier alpha value is -2.02. The van der Waals surface area contributed by atoms with Crippen LogP contribution in [0.1, 0.15) is 23.1 Å². The number of amides is 2. The van der Waals surface area contributed by atoms with Gasteiger partial charge in [0.25, 0.3) is 0 Å². The maximum atomic E-state index is 11.8. The highest BCUT2D eigenvalue weighted by molar-refractivity contribution is 5.99. The summed E-state index contributed by atoms with van der Waals surface area (Å²) >= 11 is 0. The summed E-state index contributed by atoms with van der Waals surface area (Å²) in [6.07, 6.45) is 0. The van der Waals surface area contributed by atoms with Crippen LogP contribution in [-0.4, -0.2) is 51.8 Å². The van der Waals surface area contributed by atoms with Crippen LogP contribution in [0.5, 0.6) is 0 Å². The lowest BCUT2D eigenvalue weighted by atomic mass is 10.3. The maximum Gasteiger partial charge on any atom is 0.354 e. The average Bonchev–Trinajstić information content (AvgIpc) is 2.68. The zero-order chi connectivity index (χ0) is 13.9. The van der Waals surface area contributed by atoms with E-state index in [0.717, 1.165) is 0 Å². The number of aliphatic hydroxyl groups is 1. The molecule has 0 bridgehead atoms. The van der Waals surface area contributed by atoms with E-state index < -0.39 is 12.0 Å². The van der Waals surface area contributed by atoms with E-state index in [1.54, 1.807) is 19.9 Å². The molecule has 7 heteroatoms. The molecule has 1 unspecified atom stereocenters. The second-order valence-electron chi connectivity index (χ2n) is 4.12. The molecule has 0 radical (unpaired) electrons. The van der Waals surface area contributed by atoms with Gasteiger partial charge < -0.3 is 25.4 Å². The number of urea groups is 1. The Labute approximate surface area is 104 Å². The van der Waals surface area contributed by atoms with Crippen LogP contribution in [0.25, 0.3) is 0 Å². The van der Waals surface area contributed by atoms with Crippen LogP contribution in [0.15, 0.2) is 6.07 Å². The molecule has 0 fully saturated rings. The first-order chi connectivity index (χ1) is 8.36. The molecule has 1 heterocycles. The quantitative estimate of drug-likeness (QED) is 0.640. The number of carboxylic acid groups (broad SMARTS) is 1. The lowest BCUT2D eigenvalue weighted by Crippen LogP contribution is -2.40. The summed E-state index contributed by atoms with van der Waals surface area (Å²) < 4.78 is 0. The Kier molecular flexibility index (Phi) is 4.33. The van der Waals surface area contributed by atoms with Gasteiger partial charge in [-0.1, -0.05) is 0 Å². The van der Waals surface area contributed by atoms with Crippen molar-refractivity contribution in [3.05, 3.63) is 17.5 Å². The Bertz CT molecular complexity index is 455. The van der Waals surface area contributed by atoms with E-state index in [-0.39, 0.29) is 24.0 Å². The van der Waals surface area contributed by atoms with Gasteiger partial charge in [0.05, 0.1) is 18.3 Å². The van der Waals surface area contributed by atoms with Crippen LogP contribution in [-0.2, 0) is 0 Å². The average molecular weight is 255 g/mol. The molecule has 1 atom stereocenters. The number of aromatic carboxylic acids is 1. The third kappa shape index (κ3) is 3.01. The number of aliphatic hydroxyl groups excluding tert-OH is 1. The smallest absolute Gasteiger partial charge is 0.354 e. The summed E-state index contributed by atoms with van der Waals surface area (Å²) in [7, 11) is 1.52. The van der Waals surface area contributed by atoms with E-state index in [2.05, 4.69) is 10.3 Å². The summed E-state index contributed by atoms with van der Waals surface area (Å²) in [5.41, 5.74) is 0.786. The maximum absolute atomic E-state index is 11.8. The topological polar surface area (TPSA) is 106 Å². The number of nitrogens with one attached hydrogen (secondary N) is 2. The molecule has 1 rings (SSSR count). The fraction of sp³-hybridized carbons (Fsp3) is 0.455. The predicted molar refractivity (Wildman–Crippen MR) is 65.8 cm³/mol. The number of hydrogen-bond donors (Lipinski definition) is 4. The van der Waals surface area contributed by atoms with Crippen LogP contribution >= 0.6 is 0 Å². The number of carbonyl (C=O) groups is 2. The number of rotatable bonds is 4. The molecule has 0 aliphatic heterocycles. The number of nitrogens with zero attached hydrogens (tertiary/aromatic N) is 1. The molecule has 0 saturated heterocycles. The number of aromatic nitrogens is 1. The van der Waals surface area contributed by atoms with Gasteiger partial charge in [0, 0.05) is 12.7 Å². The predicted octanol–water partition coefficient (Wildman–Crippen LogP) is 0.866. The van der Waals surface area contributed by atoms with Crippen molar-refractivity contribution >= 4 is 17.7 Å². The lowest BCUT2D eigenvalue weighted by molar-refractivity contribution is 0.0692. The van der Waals surface area contributed by atoms with Crippen LogP contribution in [0.3, 0.4) is 0 Å². The number of carboxylic acids is 1. The van der Waals surface area contributed by atoms with Crippen molar-refractivity contribution in [3.8, 4) is 0 Å². The Morgan fingerprint density at radius 2 is 2.17 bits per heavy atom. The van der Waals surface area contributed by atoms with Crippen LogP contribution in [0.2, 0.25) is 0 Å². The van der Waals surface area contributed by atoms with Crippen LogP contribution in [0.4, 0.5) is 10.5 Å². The Morgan fingerprint density at radius 1 is 1.56 bits per heavy atom. The van der Waals surface area contributed by atoms with E-state index in [1.807, 2.05) is 0 Å². The summed E-state index contributed by atoms with van der Waals surface area (Å²) in [5, 5.41) is 20.4. The van der Waals surface area contributed by atoms with Crippen molar-refractivity contribution in [2.45, 2.75) is 19.9 Å². The Balaban J connectivity index is 2.85. The van der Waals surface area contributed by atoms with Crippen LogP contribution < -0.4 is 5.32 Å². The minimum atomic E-state index is -1.14. The van der Waals surface area contributed by atoms with Crippen molar-refractivity contribution < 1.29 is 19.8 Å². The van der Waals surface area contributed by atoms with Gasteiger partial charge in [-0.3, -0.25) is 0 Å². The third-order valence-electron chi connectivity index (χ3n) is 2.65. The minimum absolute atomic E-state index is 0.0640. The van der Waals surface area contributed by atoms with Gasteiger partial charge in [0.15, 0.2) is 0 Å². The molecule has 0 aliphatic carbocycles. The zero-order valence-corrected chi connectivity index (χ0v) is 10.5. The molecule has 1 aromatic rings. The normalized spacial score (nSPS) is 12.0. The first-order valence-electron chi connectivity index (χ1n) is 5.44. The second kappa shape index (κ2) is 5.54. The van der Waals surface area contributed by atoms with Gasteiger partial charge in [0.1, 0.15) is 5.69 Å². The van der Waals surface area contributed by atoms with E-state index >= 15 is 0 Å². The van der Waals surface area contributed by atoms with Crippen molar-refractivity contribution in [1.29, 1.82) is 0 Å². The number of H-pyrrole nitrogens is 1. The van der Waals surface area contributed by atoms with Crippen molar-refractivity contribution in [3.63, 3.8) is 0 Å². The number of anilines is 1. The fourth-order valence-electron chi connectivity index (χ4n) is 1.38. The van der Waals surface area contributed by atoms with Gasteiger partial charge in [-0.15, -0.1) is 0 Å². The number of carbonyl (C=O) groups excluding carboxylic acids is 1. The standard InChI is InChI=1S/C11H17N3O4/c1-6-4-8(9(12-6)10(16)17)13-11(18)14(3)7(2)5-15/h4,7,12,15H,5H2,1-3H3,(H,13,18)(H,16,17). The van der Waals surface area contributed by atoms with Gasteiger partial charge in [0.2, 0.25) is 0 Å². The molecule has 2 amide bonds. The first kappa shape index (κ1) is 14.0. The fourth-order valence-corrected chi connectivity index (χ4v) is 1.38. The zero-order valence-electron chi connectivity index (χ0n) is 10.5. The third-order valence-corrected chi connectivity index (χ3v) is 2.65. The van der Waals surface area contributed by atoms with Crippen molar-refractivity contribution in [2.75, 3.05) is 19.0 Å². The molecule has 4 N–H and O–H groups in total. The molecular weight excluding hydrogens is 238 g/mol. The molecule has 1 aromatic heterocycles. The number of hydrogen-bond acceptors (Lipinski definition) is 3. The molecule has 0 aromatic carbocycles. The van der Waals surface area contributed by atoms with E-state index in [4.69, 9.17) is 10.2 Å². The van der Waals surface area contributed by atoms with E-state index in [0.29, 0.717) is 5.69 Å². The molecule has 100 valence electrons. The Morgan fingerprint density at radius 3 is 2.67 bits per heavy atom. The summed E-state index contributed by atoms with van der Waals surface area (Å²) in [6.45, 7) is 3.21. The summed E-state index contributed by atoms with van der Waals surface area (Å²) in [5.74, 6) is -1.14. The molecule has 18 heavy (non-hydrogen) atoms. The van der Waals surface area contributed by atoms with Gasteiger partial charge in [-0.2, -0.15) is 0 Å². The second-order valence-corrected chi connectivity index (χ2v) is 4.12. The largest absolute Gasteiger partial charge is 0.477 e. The SMILES string of the molecule is Cc1cc(NC(=O)N(C)C(C)CO)c(C(=O)O)[nH]1. The van der Waals surface area contributed by atoms with Crippen molar-refractivity contribution in [1.82, 2.24) is 9.88 Å². The molecule has 0 aliphatic rings.